The van der Waals surface area contributed by atoms with Crippen LogP contribution < -0.4 is 0 Å². The number of nitrogens with zero attached hydrogens (tertiary/aromatic N) is 4. The largest absolute Gasteiger partial charge is 0.463 e. The standard InChI is InChI=1S/C22H21FN4O7/c1-11(28)31-8-16-19(32-12(2)29)20(33-13(3)30)22(34-16)27-10-26-18-17(24-9-25-21(18)27)14-4-6-15(23)7-5-14/h4-7,9-10,16,19-20,22H,8H2,1-3H3/t16-,19-,20-,22-/m1/s1. The fourth-order valence-electron chi connectivity index (χ4n) is 3.77. The van der Waals surface area contributed by atoms with E-state index in [1.54, 1.807) is 12.1 Å². The minimum atomic E-state index is -1.08. The molecule has 0 bridgehead atoms. The van der Waals surface area contributed by atoms with E-state index in [0.717, 1.165) is 0 Å². The van der Waals surface area contributed by atoms with Gasteiger partial charge in [-0.1, -0.05) is 0 Å². The number of rotatable bonds is 6. The maximum absolute atomic E-state index is 13.4. The summed E-state index contributed by atoms with van der Waals surface area (Å²) in [5.74, 6) is -2.20. The fourth-order valence-corrected chi connectivity index (χ4v) is 3.77. The summed E-state index contributed by atoms with van der Waals surface area (Å²) in [5.41, 5.74) is 1.81. The third-order valence-electron chi connectivity index (χ3n) is 5.09. The van der Waals surface area contributed by atoms with Gasteiger partial charge in [0.15, 0.2) is 24.1 Å². The molecule has 0 aliphatic carbocycles. The van der Waals surface area contributed by atoms with Gasteiger partial charge in [-0.15, -0.1) is 0 Å². The van der Waals surface area contributed by atoms with Gasteiger partial charge < -0.3 is 18.9 Å². The highest BCUT2D eigenvalue weighted by Gasteiger charge is 2.51. The van der Waals surface area contributed by atoms with Crippen LogP contribution in [0.5, 0.6) is 0 Å². The number of fused-ring (bicyclic) bond motifs is 1. The van der Waals surface area contributed by atoms with Crippen molar-refractivity contribution in [3.05, 3.63) is 42.7 Å². The molecular weight excluding hydrogens is 451 g/mol. The number of ether oxygens (including phenoxy) is 4. The molecule has 3 aromatic rings. The lowest BCUT2D eigenvalue weighted by Crippen LogP contribution is -2.40. The summed E-state index contributed by atoms with van der Waals surface area (Å²) < 4.78 is 36.8. The molecule has 4 atom stereocenters. The van der Waals surface area contributed by atoms with Crippen LogP contribution in [-0.2, 0) is 33.3 Å². The number of aromatic nitrogens is 4. The average molecular weight is 472 g/mol. The molecule has 0 radical (unpaired) electrons. The number of carbonyl (C=O) groups is 3. The van der Waals surface area contributed by atoms with Gasteiger partial charge >= 0.3 is 17.9 Å². The Bertz CT molecular complexity index is 1230. The maximum atomic E-state index is 13.4. The van der Waals surface area contributed by atoms with E-state index >= 15 is 0 Å². The Morgan fingerprint density at radius 2 is 1.65 bits per heavy atom. The van der Waals surface area contributed by atoms with Gasteiger partial charge in [-0.2, -0.15) is 0 Å². The van der Waals surface area contributed by atoms with Crippen molar-refractivity contribution >= 4 is 29.1 Å². The van der Waals surface area contributed by atoms with Crippen LogP contribution in [0.1, 0.15) is 27.0 Å². The Hall–Kier alpha value is -3.93. The Morgan fingerprint density at radius 3 is 2.29 bits per heavy atom. The monoisotopic (exact) mass is 472 g/mol. The number of hydrogen-bond donors (Lipinski definition) is 0. The predicted molar refractivity (Wildman–Crippen MR) is 112 cm³/mol. The Balaban J connectivity index is 1.76. The van der Waals surface area contributed by atoms with Gasteiger partial charge in [-0.05, 0) is 24.3 Å². The second kappa shape index (κ2) is 9.51. The molecule has 0 spiro atoms. The lowest BCUT2D eigenvalue weighted by molar-refractivity contribution is -0.166. The zero-order valence-corrected chi connectivity index (χ0v) is 18.5. The summed E-state index contributed by atoms with van der Waals surface area (Å²) in [6, 6.07) is 5.74. The topological polar surface area (TPSA) is 132 Å². The van der Waals surface area contributed by atoms with Crippen LogP contribution in [0.25, 0.3) is 22.4 Å². The predicted octanol–water partition coefficient (Wildman–Crippen LogP) is 1.96. The minimum absolute atomic E-state index is 0.232. The first-order chi connectivity index (χ1) is 16.2. The molecule has 178 valence electrons. The molecule has 1 fully saturated rings. The van der Waals surface area contributed by atoms with Crippen LogP contribution in [-0.4, -0.2) is 62.3 Å². The molecule has 34 heavy (non-hydrogen) atoms. The second-order valence-corrected chi connectivity index (χ2v) is 7.57. The van der Waals surface area contributed by atoms with Crippen LogP contribution in [0.2, 0.25) is 0 Å². The van der Waals surface area contributed by atoms with Gasteiger partial charge in [0, 0.05) is 26.3 Å². The van der Waals surface area contributed by atoms with Crippen LogP contribution in [0.15, 0.2) is 36.9 Å². The van der Waals surface area contributed by atoms with Crippen molar-refractivity contribution in [2.24, 2.45) is 0 Å². The third-order valence-corrected chi connectivity index (χ3v) is 5.09. The van der Waals surface area contributed by atoms with Crippen molar-refractivity contribution in [3.63, 3.8) is 0 Å². The number of benzene rings is 1. The summed E-state index contributed by atoms with van der Waals surface area (Å²) in [4.78, 5) is 47.9. The molecule has 1 aromatic carbocycles. The first-order valence-electron chi connectivity index (χ1n) is 10.3. The molecule has 0 N–H and O–H groups in total. The molecule has 0 unspecified atom stereocenters. The average Bonchev–Trinajstić information content (AvgIpc) is 3.34. The van der Waals surface area contributed by atoms with E-state index in [1.165, 1.54) is 50.1 Å². The molecule has 2 aromatic heterocycles. The molecule has 11 nitrogen and oxygen atoms in total. The van der Waals surface area contributed by atoms with Gasteiger partial charge in [-0.3, -0.25) is 19.0 Å². The summed E-state index contributed by atoms with van der Waals surface area (Å²) >= 11 is 0. The highest BCUT2D eigenvalue weighted by Crippen LogP contribution is 2.36. The molecule has 1 saturated heterocycles. The van der Waals surface area contributed by atoms with E-state index in [-0.39, 0.29) is 6.61 Å². The summed E-state index contributed by atoms with van der Waals surface area (Å²) in [5, 5.41) is 0. The molecular formula is C22H21FN4O7. The van der Waals surface area contributed by atoms with Crippen molar-refractivity contribution in [1.29, 1.82) is 0 Å². The second-order valence-electron chi connectivity index (χ2n) is 7.57. The van der Waals surface area contributed by atoms with Gasteiger partial charge in [0.25, 0.3) is 0 Å². The zero-order chi connectivity index (χ0) is 24.4. The number of halogens is 1. The van der Waals surface area contributed by atoms with Gasteiger partial charge in [0.1, 0.15) is 36.1 Å². The highest BCUT2D eigenvalue weighted by molar-refractivity contribution is 5.87. The lowest BCUT2D eigenvalue weighted by Gasteiger charge is -2.23. The number of hydrogen-bond acceptors (Lipinski definition) is 10. The van der Waals surface area contributed by atoms with E-state index < -0.39 is 48.3 Å². The van der Waals surface area contributed by atoms with Crippen LogP contribution in [0, 0.1) is 5.82 Å². The Labute approximate surface area is 192 Å². The smallest absolute Gasteiger partial charge is 0.303 e. The number of esters is 3. The number of imidazole rings is 1. The summed E-state index contributed by atoms with van der Waals surface area (Å²) in [6.07, 6.45) is -1.32. The molecule has 4 rings (SSSR count). The summed E-state index contributed by atoms with van der Waals surface area (Å²) in [6.45, 7) is 3.41. The quantitative estimate of drug-likeness (QED) is 0.387. The van der Waals surface area contributed by atoms with E-state index in [4.69, 9.17) is 18.9 Å². The molecule has 0 saturated carbocycles. The van der Waals surface area contributed by atoms with Crippen LogP contribution in [0.4, 0.5) is 4.39 Å². The SMILES string of the molecule is CC(=O)OC[C@H]1O[C@@H](n2cnc3c(-c4ccc(F)cc4)ncnc32)[C@H](OC(C)=O)[C@@H]1OC(C)=O. The fraction of sp³-hybridized carbons (Fsp3) is 0.364. The zero-order valence-electron chi connectivity index (χ0n) is 18.5. The molecule has 0 amide bonds. The molecule has 1 aliphatic rings. The highest BCUT2D eigenvalue weighted by atomic mass is 19.1. The Morgan fingerprint density at radius 1 is 0.971 bits per heavy atom. The van der Waals surface area contributed by atoms with Crippen LogP contribution >= 0.6 is 0 Å². The maximum Gasteiger partial charge on any atom is 0.303 e. The van der Waals surface area contributed by atoms with Crippen molar-refractivity contribution in [2.45, 2.75) is 45.3 Å². The van der Waals surface area contributed by atoms with Gasteiger partial charge in [0.05, 0.1) is 6.33 Å². The minimum Gasteiger partial charge on any atom is -0.463 e. The normalized spacial score (nSPS) is 21.9. The van der Waals surface area contributed by atoms with Crippen LogP contribution in [0.3, 0.4) is 0 Å². The molecule has 3 heterocycles. The first kappa shape index (κ1) is 23.2. The first-order valence-corrected chi connectivity index (χ1v) is 10.3. The van der Waals surface area contributed by atoms with E-state index in [9.17, 15) is 18.8 Å². The van der Waals surface area contributed by atoms with E-state index in [2.05, 4.69) is 15.0 Å². The van der Waals surface area contributed by atoms with Crippen molar-refractivity contribution in [1.82, 2.24) is 19.5 Å². The van der Waals surface area contributed by atoms with E-state index in [0.29, 0.717) is 22.4 Å². The third kappa shape index (κ3) is 4.71. The van der Waals surface area contributed by atoms with Gasteiger partial charge in [-0.25, -0.2) is 19.3 Å². The van der Waals surface area contributed by atoms with Crippen molar-refractivity contribution < 1.29 is 37.7 Å². The lowest BCUT2D eigenvalue weighted by atomic mass is 10.1. The van der Waals surface area contributed by atoms with Gasteiger partial charge in [0.2, 0.25) is 0 Å². The van der Waals surface area contributed by atoms with E-state index in [1.807, 2.05) is 0 Å². The molecule has 12 heteroatoms. The van der Waals surface area contributed by atoms with Crippen molar-refractivity contribution in [2.75, 3.05) is 6.61 Å². The summed E-state index contributed by atoms with van der Waals surface area (Å²) in [7, 11) is 0. The molecule has 1 aliphatic heterocycles. The number of carbonyl (C=O) groups excluding carboxylic acids is 3. The Kier molecular flexibility index (Phi) is 6.50. The van der Waals surface area contributed by atoms with Crippen molar-refractivity contribution in [3.8, 4) is 11.3 Å².